The van der Waals surface area contributed by atoms with Gasteiger partial charge in [0, 0.05) is 29.3 Å². The van der Waals surface area contributed by atoms with Crippen molar-refractivity contribution in [1.82, 2.24) is 20.9 Å². The van der Waals surface area contributed by atoms with E-state index < -0.39 is 60.2 Å². The largest absolute Gasteiger partial charge is 0.481 e. The highest BCUT2D eigenvalue weighted by atomic mass is 32.2. The van der Waals surface area contributed by atoms with Gasteiger partial charge < -0.3 is 36.9 Å². The van der Waals surface area contributed by atoms with Gasteiger partial charge in [-0.05, 0) is 30.1 Å². The number of nitrogens with one attached hydrogen (secondary N) is 4. The molecule has 1 aromatic heterocycles. The van der Waals surface area contributed by atoms with Gasteiger partial charge in [0.1, 0.15) is 18.1 Å². The van der Waals surface area contributed by atoms with E-state index >= 15 is 0 Å². The molecule has 0 aliphatic rings. The van der Waals surface area contributed by atoms with Gasteiger partial charge in [0.05, 0.1) is 12.5 Å². The van der Waals surface area contributed by atoms with Crippen LogP contribution in [0.4, 0.5) is 0 Å². The van der Waals surface area contributed by atoms with Crippen LogP contribution in [0.25, 0.3) is 10.9 Å². The summed E-state index contributed by atoms with van der Waals surface area (Å²) in [6.07, 6.45) is 3.09. The van der Waals surface area contributed by atoms with Gasteiger partial charge in [-0.15, -0.1) is 0 Å². The molecule has 4 atom stereocenters. The predicted octanol–water partition coefficient (Wildman–Crippen LogP) is -0.266. The number of aromatic nitrogens is 1. The molecular formula is C23H31N5O7S2. The Balaban J connectivity index is 2.24. The molecule has 8 N–H and O–H groups in total. The van der Waals surface area contributed by atoms with Crippen molar-refractivity contribution in [3.63, 3.8) is 0 Å². The lowest BCUT2D eigenvalue weighted by molar-refractivity contribution is -0.142. The van der Waals surface area contributed by atoms with Crippen molar-refractivity contribution in [3.8, 4) is 0 Å². The standard InChI is InChI=1S/C23H31N5O7S2/c1-37-7-6-16(23(34)35)26-21(32)17(8-12-10-25-15-5-3-2-4-13(12)15)27-22(33)18(11-36)28-20(31)14(24)9-19(29)30/h2-5,10,14,16-18,25,36H,6-9,11,24H2,1H3,(H,26,32)(H,27,33)(H,28,31)(H,29,30)(H,34,35). The van der Waals surface area contributed by atoms with E-state index in [2.05, 4.69) is 33.6 Å². The van der Waals surface area contributed by atoms with Crippen LogP contribution >= 0.6 is 24.4 Å². The van der Waals surface area contributed by atoms with E-state index in [1.165, 1.54) is 11.8 Å². The second-order valence-electron chi connectivity index (χ2n) is 8.25. The summed E-state index contributed by atoms with van der Waals surface area (Å²) in [5.74, 6) is -4.48. The number of para-hydroxylation sites is 1. The van der Waals surface area contributed by atoms with E-state index in [1.807, 2.05) is 30.5 Å². The number of fused-ring (bicyclic) bond motifs is 1. The third-order valence-electron chi connectivity index (χ3n) is 5.50. The van der Waals surface area contributed by atoms with Crippen LogP contribution in [0, 0.1) is 0 Å². The molecule has 0 radical (unpaired) electrons. The van der Waals surface area contributed by atoms with Crippen LogP contribution < -0.4 is 21.7 Å². The van der Waals surface area contributed by atoms with Crippen molar-refractivity contribution < 1.29 is 34.2 Å². The highest BCUT2D eigenvalue weighted by molar-refractivity contribution is 7.98. The third-order valence-corrected chi connectivity index (χ3v) is 6.51. The van der Waals surface area contributed by atoms with Crippen molar-refractivity contribution in [2.24, 2.45) is 5.73 Å². The van der Waals surface area contributed by atoms with Crippen LogP contribution in [-0.4, -0.2) is 86.8 Å². The lowest BCUT2D eigenvalue weighted by atomic mass is 10.0. The lowest BCUT2D eigenvalue weighted by Crippen LogP contribution is -2.58. The molecule has 0 fully saturated rings. The fraction of sp³-hybridized carbons (Fsp3) is 0.435. The number of aromatic amines is 1. The van der Waals surface area contributed by atoms with E-state index in [0.29, 0.717) is 11.3 Å². The molecule has 1 heterocycles. The molecule has 4 unspecified atom stereocenters. The first-order valence-electron chi connectivity index (χ1n) is 11.3. The van der Waals surface area contributed by atoms with Crippen molar-refractivity contribution in [2.75, 3.05) is 17.8 Å². The van der Waals surface area contributed by atoms with Crippen LogP contribution in [0.5, 0.6) is 0 Å². The molecule has 3 amide bonds. The van der Waals surface area contributed by atoms with Crippen LogP contribution in [0.15, 0.2) is 30.5 Å². The van der Waals surface area contributed by atoms with Gasteiger partial charge in [0.15, 0.2) is 0 Å². The number of carboxylic acid groups (broad SMARTS) is 2. The number of H-pyrrole nitrogens is 1. The molecule has 14 heteroatoms. The van der Waals surface area contributed by atoms with Crippen LogP contribution in [0.2, 0.25) is 0 Å². The zero-order chi connectivity index (χ0) is 27.5. The molecular weight excluding hydrogens is 522 g/mol. The average Bonchev–Trinajstić information content (AvgIpc) is 3.26. The van der Waals surface area contributed by atoms with Crippen molar-refractivity contribution >= 4 is 65.0 Å². The van der Waals surface area contributed by atoms with Crippen LogP contribution in [0.3, 0.4) is 0 Å². The molecule has 1 aromatic carbocycles. The maximum absolute atomic E-state index is 13.2. The van der Waals surface area contributed by atoms with E-state index in [1.54, 1.807) is 6.20 Å². The highest BCUT2D eigenvalue weighted by Crippen LogP contribution is 2.19. The van der Waals surface area contributed by atoms with E-state index in [-0.39, 0.29) is 18.6 Å². The third kappa shape index (κ3) is 8.98. The Morgan fingerprint density at radius 3 is 2.24 bits per heavy atom. The SMILES string of the molecule is CSCCC(NC(=O)C(Cc1c[nH]c2ccccc12)NC(=O)C(CS)NC(=O)C(N)CC(=O)O)C(=O)O. The van der Waals surface area contributed by atoms with Gasteiger partial charge in [-0.1, -0.05) is 18.2 Å². The second-order valence-corrected chi connectivity index (χ2v) is 9.60. The maximum Gasteiger partial charge on any atom is 0.326 e. The molecule has 0 aliphatic heterocycles. The normalized spacial score (nSPS) is 14.2. The number of hydrogen-bond donors (Lipinski definition) is 8. The minimum absolute atomic E-state index is 0.0300. The quantitative estimate of drug-likeness (QED) is 0.137. The van der Waals surface area contributed by atoms with Gasteiger partial charge >= 0.3 is 11.9 Å². The number of nitrogens with two attached hydrogens (primary N) is 1. The number of carboxylic acids is 2. The zero-order valence-corrected chi connectivity index (χ0v) is 21.8. The summed E-state index contributed by atoms with van der Waals surface area (Å²) in [6.45, 7) is 0. The van der Waals surface area contributed by atoms with E-state index in [4.69, 9.17) is 10.8 Å². The molecule has 2 rings (SSSR count). The molecule has 2 aromatic rings. The van der Waals surface area contributed by atoms with Gasteiger partial charge in [-0.2, -0.15) is 24.4 Å². The summed E-state index contributed by atoms with van der Waals surface area (Å²) in [7, 11) is 0. The van der Waals surface area contributed by atoms with Crippen molar-refractivity contribution in [2.45, 2.75) is 43.4 Å². The minimum atomic E-state index is -1.38. The van der Waals surface area contributed by atoms with Gasteiger partial charge in [0.2, 0.25) is 17.7 Å². The summed E-state index contributed by atoms with van der Waals surface area (Å²) >= 11 is 5.52. The number of thiol groups is 1. The highest BCUT2D eigenvalue weighted by Gasteiger charge is 2.30. The summed E-state index contributed by atoms with van der Waals surface area (Å²) in [6, 6.07) is 2.41. The first kappa shape index (κ1) is 30.0. The fourth-order valence-electron chi connectivity index (χ4n) is 3.52. The molecule has 0 saturated carbocycles. The van der Waals surface area contributed by atoms with Crippen LogP contribution in [0.1, 0.15) is 18.4 Å². The second kappa shape index (κ2) is 14.5. The van der Waals surface area contributed by atoms with Gasteiger partial charge in [0.25, 0.3) is 0 Å². The van der Waals surface area contributed by atoms with E-state index in [0.717, 1.165) is 10.9 Å². The van der Waals surface area contributed by atoms with Gasteiger partial charge in [-0.25, -0.2) is 4.79 Å². The number of rotatable bonds is 15. The Labute approximate surface area is 222 Å². The average molecular weight is 554 g/mol. The summed E-state index contributed by atoms with van der Waals surface area (Å²) < 4.78 is 0. The number of carbonyl (C=O) groups is 5. The number of aliphatic carboxylic acids is 2. The van der Waals surface area contributed by atoms with Gasteiger partial charge in [-0.3, -0.25) is 19.2 Å². The Morgan fingerprint density at radius 2 is 1.62 bits per heavy atom. The monoisotopic (exact) mass is 553 g/mol. The summed E-state index contributed by atoms with van der Waals surface area (Å²) in [5, 5.41) is 26.6. The molecule has 12 nitrogen and oxygen atoms in total. The summed E-state index contributed by atoms with van der Waals surface area (Å²) in [5.41, 5.74) is 7.09. The Kier molecular flexibility index (Phi) is 11.8. The molecule has 37 heavy (non-hydrogen) atoms. The van der Waals surface area contributed by atoms with E-state index in [9.17, 15) is 29.1 Å². The predicted molar refractivity (Wildman–Crippen MR) is 143 cm³/mol. The smallest absolute Gasteiger partial charge is 0.326 e. The number of benzene rings is 1. The topological polar surface area (TPSA) is 204 Å². The molecule has 0 bridgehead atoms. The number of hydrogen-bond acceptors (Lipinski definition) is 8. The molecule has 0 saturated heterocycles. The molecule has 202 valence electrons. The number of thioether (sulfide) groups is 1. The van der Waals surface area contributed by atoms with Crippen LogP contribution in [-0.2, 0) is 30.4 Å². The van der Waals surface area contributed by atoms with Crippen molar-refractivity contribution in [1.29, 1.82) is 0 Å². The minimum Gasteiger partial charge on any atom is -0.481 e. The molecule has 0 spiro atoms. The maximum atomic E-state index is 13.2. The Morgan fingerprint density at radius 1 is 1.00 bits per heavy atom. The first-order valence-corrected chi connectivity index (χ1v) is 13.4. The lowest BCUT2D eigenvalue weighted by Gasteiger charge is -2.24. The number of amides is 3. The Hall–Kier alpha value is -3.23. The molecule has 0 aliphatic carbocycles. The fourth-order valence-corrected chi connectivity index (χ4v) is 4.25. The first-order chi connectivity index (χ1) is 17.6. The summed E-state index contributed by atoms with van der Waals surface area (Å²) in [4.78, 5) is 64.0. The Bertz CT molecular complexity index is 1130. The zero-order valence-electron chi connectivity index (χ0n) is 20.1. The number of carbonyl (C=O) groups excluding carboxylic acids is 3. The van der Waals surface area contributed by atoms with Crippen molar-refractivity contribution in [3.05, 3.63) is 36.0 Å².